The minimum Gasteiger partial charge on any atom is -0.462 e. The van der Waals surface area contributed by atoms with Crippen molar-refractivity contribution in [2.45, 2.75) is 354 Å². The number of carbonyl (C=O) groups is 3. The zero-order chi connectivity index (χ0) is 50.7. The Kier molecular flexibility index (Phi) is 57.7. The topological polar surface area (TPSA) is 78.9 Å². The van der Waals surface area contributed by atoms with Crippen molar-refractivity contribution in [1.82, 2.24) is 0 Å². The van der Waals surface area contributed by atoms with Crippen LogP contribution in [-0.4, -0.2) is 37.2 Å². The van der Waals surface area contributed by atoms with Crippen LogP contribution in [0, 0.1) is 0 Å². The van der Waals surface area contributed by atoms with Gasteiger partial charge in [-0.2, -0.15) is 0 Å². The third kappa shape index (κ3) is 56.8. The van der Waals surface area contributed by atoms with E-state index >= 15 is 0 Å². The van der Waals surface area contributed by atoms with Crippen LogP contribution < -0.4 is 0 Å². The lowest BCUT2D eigenvalue weighted by molar-refractivity contribution is -0.167. The maximum atomic E-state index is 12.9. The maximum absolute atomic E-state index is 12.9. The number of ether oxygens (including phenoxy) is 3. The van der Waals surface area contributed by atoms with Gasteiger partial charge in [-0.1, -0.05) is 302 Å². The molecule has 70 heavy (non-hydrogen) atoms. The molecule has 0 saturated carbocycles. The van der Waals surface area contributed by atoms with Crippen LogP contribution in [0.25, 0.3) is 0 Å². The maximum Gasteiger partial charge on any atom is 0.306 e. The van der Waals surface area contributed by atoms with E-state index in [1.807, 2.05) is 0 Å². The van der Waals surface area contributed by atoms with Gasteiger partial charge in [0.25, 0.3) is 0 Å². The third-order valence-electron chi connectivity index (χ3n) is 14.2. The molecule has 0 aromatic rings. The van der Waals surface area contributed by atoms with Gasteiger partial charge in [0.05, 0.1) is 0 Å². The van der Waals surface area contributed by atoms with Gasteiger partial charge in [0.2, 0.25) is 0 Å². The molecule has 0 aromatic heterocycles. The van der Waals surface area contributed by atoms with Gasteiger partial charge in [0.1, 0.15) is 13.2 Å². The summed E-state index contributed by atoms with van der Waals surface area (Å²) in [4.78, 5) is 38.3. The van der Waals surface area contributed by atoms with Crippen LogP contribution >= 0.6 is 0 Å². The highest BCUT2D eigenvalue weighted by Crippen LogP contribution is 2.18. The molecule has 0 saturated heterocycles. The molecule has 6 heteroatoms. The second kappa shape index (κ2) is 59.5. The van der Waals surface area contributed by atoms with Crippen molar-refractivity contribution in [3.63, 3.8) is 0 Å². The van der Waals surface area contributed by atoms with Gasteiger partial charge in [0, 0.05) is 19.3 Å². The Morgan fingerprint density at radius 2 is 0.514 bits per heavy atom. The summed E-state index contributed by atoms with van der Waals surface area (Å²) in [7, 11) is 0. The van der Waals surface area contributed by atoms with E-state index in [-0.39, 0.29) is 31.1 Å². The molecule has 0 rings (SSSR count). The number of esters is 3. The molecule has 6 nitrogen and oxygen atoms in total. The lowest BCUT2D eigenvalue weighted by Gasteiger charge is -2.18. The SMILES string of the molecule is CCCCCC/C=C\C/C=C\CCCCCCCCCC(=O)OCC(COC(=O)CCCCCCCCCCCCCCCCCCC)OC(=O)CCCCCCCCCCCCCCCCCCC. The molecular weight excluding hydrogens is 865 g/mol. The van der Waals surface area contributed by atoms with E-state index in [4.69, 9.17) is 14.2 Å². The summed E-state index contributed by atoms with van der Waals surface area (Å²) in [5, 5.41) is 0. The van der Waals surface area contributed by atoms with Gasteiger partial charge in [0.15, 0.2) is 6.10 Å². The van der Waals surface area contributed by atoms with Crippen LogP contribution in [0.3, 0.4) is 0 Å². The molecule has 0 aromatic carbocycles. The predicted molar refractivity (Wildman–Crippen MR) is 303 cm³/mol. The minimum absolute atomic E-state index is 0.0676. The fraction of sp³-hybridized carbons (Fsp3) is 0.891. The van der Waals surface area contributed by atoms with Gasteiger partial charge in [-0.25, -0.2) is 0 Å². The summed E-state index contributed by atoms with van der Waals surface area (Å²) in [6.45, 7) is 6.69. The van der Waals surface area contributed by atoms with E-state index in [1.54, 1.807) is 0 Å². The van der Waals surface area contributed by atoms with Gasteiger partial charge < -0.3 is 14.2 Å². The number of unbranched alkanes of at least 4 members (excludes halogenated alkanes) is 43. The van der Waals surface area contributed by atoms with Crippen molar-refractivity contribution in [1.29, 1.82) is 0 Å². The average molecular weight is 986 g/mol. The van der Waals surface area contributed by atoms with Crippen molar-refractivity contribution >= 4 is 17.9 Å². The van der Waals surface area contributed by atoms with E-state index in [2.05, 4.69) is 45.1 Å². The Morgan fingerprint density at radius 1 is 0.286 bits per heavy atom. The molecular formula is C64H120O6. The van der Waals surface area contributed by atoms with Crippen LogP contribution in [0.4, 0.5) is 0 Å². The second-order valence-corrected chi connectivity index (χ2v) is 21.3. The first kappa shape index (κ1) is 67.9. The third-order valence-corrected chi connectivity index (χ3v) is 14.2. The highest BCUT2D eigenvalue weighted by molar-refractivity contribution is 5.71. The molecule has 0 amide bonds. The molecule has 0 bridgehead atoms. The highest BCUT2D eigenvalue weighted by Gasteiger charge is 2.19. The Bertz CT molecular complexity index is 1130. The van der Waals surface area contributed by atoms with Gasteiger partial charge in [-0.15, -0.1) is 0 Å². The molecule has 0 aliphatic carbocycles. The molecule has 1 atom stereocenters. The zero-order valence-electron chi connectivity index (χ0n) is 47.3. The average Bonchev–Trinajstić information content (AvgIpc) is 3.36. The molecule has 1 unspecified atom stereocenters. The van der Waals surface area contributed by atoms with Crippen LogP contribution in [0.1, 0.15) is 348 Å². The monoisotopic (exact) mass is 985 g/mol. The summed E-state index contributed by atoms with van der Waals surface area (Å²) in [5.41, 5.74) is 0. The van der Waals surface area contributed by atoms with E-state index in [1.165, 1.54) is 238 Å². The van der Waals surface area contributed by atoms with E-state index in [9.17, 15) is 14.4 Å². The molecule has 0 fully saturated rings. The summed E-state index contributed by atoms with van der Waals surface area (Å²) in [6.07, 6.45) is 70.3. The van der Waals surface area contributed by atoms with E-state index < -0.39 is 6.10 Å². The highest BCUT2D eigenvalue weighted by atomic mass is 16.6. The first-order valence-corrected chi connectivity index (χ1v) is 31.3. The summed E-state index contributed by atoms with van der Waals surface area (Å²) in [5.74, 6) is -0.848. The Hall–Kier alpha value is -2.11. The normalized spacial score (nSPS) is 12.1. The Morgan fingerprint density at radius 3 is 0.800 bits per heavy atom. The van der Waals surface area contributed by atoms with Gasteiger partial charge in [-0.05, 0) is 51.4 Å². The number of allylic oxidation sites excluding steroid dienone is 4. The number of rotatable bonds is 58. The Balaban J connectivity index is 4.33. The largest absolute Gasteiger partial charge is 0.462 e. The summed E-state index contributed by atoms with van der Waals surface area (Å²) >= 11 is 0. The van der Waals surface area contributed by atoms with Crippen LogP contribution in [-0.2, 0) is 28.6 Å². The van der Waals surface area contributed by atoms with E-state index in [0.717, 1.165) is 70.6 Å². The number of carbonyl (C=O) groups excluding carboxylic acids is 3. The Labute approximate surface area is 436 Å². The smallest absolute Gasteiger partial charge is 0.306 e. The summed E-state index contributed by atoms with van der Waals surface area (Å²) in [6, 6.07) is 0. The molecule has 412 valence electrons. The molecule has 0 aliphatic rings. The van der Waals surface area contributed by atoms with Crippen molar-refractivity contribution in [3.05, 3.63) is 24.3 Å². The van der Waals surface area contributed by atoms with E-state index in [0.29, 0.717) is 19.3 Å². The molecule has 0 radical (unpaired) electrons. The standard InChI is InChI=1S/C64H120O6/c1-4-7-10-13-16-19-22-25-28-31-34-36-39-42-45-48-51-54-57-63(66)69-60-61(70-64(67)58-55-52-49-46-43-40-37-33-30-27-24-21-18-15-12-9-6-3)59-68-62(65)56-53-50-47-44-41-38-35-32-29-26-23-20-17-14-11-8-5-2/h19,22,28,31,61H,4-18,20-21,23-27,29-30,32-60H2,1-3H3/b22-19-,31-28-. The molecule has 0 N–H and O–H groups in total. The van der Waals surface area contributed by atoms with Crippen molar-refractivity contribution < 1.29 is 28.6 Å². The second-order valence-electron chi connectivity index (χ2n) is 21.3. The fourth-order valence-corrected chi connectivity index (χ4v) is 9.48. The predicted octanol–water partition coefficient (Wildman–Crippen LogP) is 21.1. The van der Waals surface area contributed by atoms with Gasteiger partial charge >= 0.3 is 17.9 Å². The number of hydrogen-bond acceptors (Lipinski definition) is 6. The van der Waals surface area contributed by atoms with Crippen molar-refractivity contribution in [3.8, 4) is 0 Å². The zero-order valence-corrected chi connectivity index (χ0v) is 47.3. The van der Waals surface area contributed by atoms with Crippen LogP contribution in [0.15, 0.2) is 24.3 Å². The summed E-state index contributed by atoms with van der Waals surface area (Å²) < 4.78 is 16.9. The lowest BCUT2D eigenvalue weighted by atomic mass is 10.0. The molecule has 0 aliphatic heterocycles. The van der Waals surface area contributed by atoms with Crippen LogP contribution in [0.5, 0.6) is 0 Å². The molecule has 0 heterocycles. The lowest BCUT2D eigenvalue weighted by Crippen LogP contribution is -2.30. The first-order valence-electron chi connectivity index (χ1n) is 31.3. The van der Waals surface area contributed by atoms with Crippen LogP contribution in [0.2, 0.25) is 0 Å². The fourth-order valence-electron chi connectivity index (χ4n) is 9.48. The first-order chi connectivity index (χ1) is 34.5. The van der Waals surface area contributed by atoms with Gasteiger partial charge in [-0.3, -0.25) is 14.4 Å². The molecule has 0 spiro atoms. The quantitative estimate of drug-likeness (QED) is 0.0261. The van der Waals surface area contributed by atoms with Crippen molar-refractivity contribution in [2.75, 3.05) is 13.2 Å². The van der Waals surface area contributed by atoms with Crippen molar-refractivity contribution in [2.24, 2.45) is 0 Å². The minimum atomic E-state index is -0.770. The number of hydrogen-bond donors (Lipinski definition) is 0.